The summed E-state index contributed by atoms with van der Waals surface area (Å²) in [5.41, 5.74) is 0.783. The van der Waals surface area contributed by atoms with Gasteiger partial charge in [0, 0.05) is 12.5 Å². The summed E-state index contributed by atoms with van der Waals surface area (Å²) >= 11 is 0. The fourth-order valence-electron chi connectivity index (χ4n) is 4.90. The molecule has 0 bridgehead atoms. The lowest BCUT2D eigenvalue weighted by Crippen LogP contribution is -2.57. The number of rotatable bonds is 5. The maximum absolute atomic E-state index is 10.7. The van der Waals surface area contributed by atoms with E-state index in [0.717, 1.165) is 29.9 Å². The molecule has 0 aromatic heterocycles. The van der Waals surface area contributed by atoms with E-state index in [-0.39, 0.29) is 24.2 Å². The smallest absolute Gasteiger partial charge is 0.231 e. The predicted molar refractivity (Wildman–Crippen MR) is 97.1 cm³/mol. The first-order valence-electron chi connectivity index (χ1n) is 9.13. The van der Waals surface area contributed by atoms with E-state index in [4.69, 9.17) is 18.9 Å². The standard InChI is InChI=1S/C21H26O5/c1-4-9-20-10-5-6-19(22)21(20,23-3)26-17(14(20)2)11-15-7-8-16-18(12-15)25-13-24-16/h4-8,12,14,17,19,22H,1,9-11,13H2,2-3H3. The number of aliphatic hydroxyl groups is 1. The van der Waals surface area contributed by atoms with Crippen LogP contribution in [0.1, 0.15) is 25.3 Å². The zero-order valence-corrected chi connectivity index (χ0v) is 15.3. The first-order valence-corrected chi connectivity index (χ1v) is 9.13. The molecule has 26 heavy (non-hydrogen) atoms. The summed E-state index contributed by atoms with van der Waals surface area (Å²) in [6, 6.07) is 5.99. The number of aliphatic hydroxyl groups excluding tert-OH is 1. The van der Waals surface area contributed by atoms with Crippen molar-refractivity contribution in [3.8, 4) is 11.5 Å². The molecule has 1 fully saturated rings. The average molecular weight is 358 g/mol. The topological polar surface area (TPSA) is 57.2 Å². The number of benzene rings is 1. The molecule has 140 valence electrons. The van der Waals surface area contributed by atoms with Gasteiger partial charge in [0.25, 0.3) is 0 Å². The normalized spacial score (nSPS) is 37.6. The van der Waals surface area contributed by atoms with Gasteiger partial charge in [-0.2, -0.15) is 0 Å². The summed E-state index contributed by atoms with van der Waals surface area (Å²) < 4.78 is 23.2. The Bertz CT molecular complexity index is 729. The Morgan fingerprint density at radius 1 is 1.35 bits per heavy atom. The van der Waals surface area contributed by atoms with E-state index in [1.165, 1.54) is 0 Å². The molecule has 1 N–H and O–H groups in total. The van der Waals surface area contributed by atoms with Gasteiger partial charge in [-0.15, -0.1) is 6.58 Å². The van der Waals surface area contributed by atoms with Crippen LogP contribution in [0.15, 0.2) is 43.0 Å². The fourth-order valence-corrected chi connectivity index (χ4v) is 4.90. The van der Waals surface area contributed by atoms with Gasteiger partial charge in [0.2, 0.25) is 12.6 Å². The minimum absolute atomic E-state index is 0.0789. The lowest BCUT2D eigenvalue weighted by molar-refractivity contribution is -0.295. The lowest BCUT2D eigenvalue weighted by Gasteiger charge is -2.48. The van der Waals surface area contributed by atoms with Crippen LogP contribution in [0.4, 0.5) is 0 Å². The van der Waals surface area contributed by atoms with Gasteiger partial charge in [-0.05, 0) is 42.9 Å². The highest BCUT2D eigenvalue weighted by Crippen LogP contribution is 2.59. The minimum Gasteiger partial charge on any atom is -0.454 e. The van der Waals surface area contributed by atoms with E-state index >= 15 is 0 Å². The summed E-state index contributed by atoms with van der Waals surface area (Å²) in [6.45, 7) is 6.39. The number of hydrogen-bond acceptors (Lipinski definition) is 5. The molecule has 4 rings (SSSR count). The summed E-state index contributed by atoms with van der Waals surface area (Å²) in [7, 11) is 1.62. The highest BCUT2D eigenvalue weighted by atomic mass is 16.7. The second kappa shape index (κ2) is 6.41. The van der Waals surface area contributed by atoms with Crippen molar-refractivity contribution in [1.29, 1.82) is 0 Å². The van der Waals surface area contributed by atoms with Crippen LogP contribution in [0, 0.1) is 11.3 Å². The first kappa shape index (κ1) is 17.6. The highest BCUT2D eigenvalue weighted by molar-refractivity contribution is 5.44. The Hall–Kier alpha value is -1.82. The zero-order valence-electron chi connectivity index (χ0n) is 15.3. The molecule has 2 heterocycles. The second-order valence-corrected chi connectivity index (χ2v) is 7.43. The molecule has 0 saturated carbocycles. The quantitative estimate of drug-likeness (QED) is 0.819. The van der Waals surface area contributed by atoms with E-state index in [1.807, 2.05) is 30.4 Å². The summed E-state index contributed by atoms with van der Waals surface area (Å²) in [4.78, 5) is 0. The van der Waals surface area contributed by atoms with Gasteiger partial charge in [-0.3, -0.25) is 0 Å². The number of methoxy groups -OCH3 is 1. The summed E-state index contributed by atoms with van der Waals surface area (Å²) in [5.74, 6) is 0.690. The lowest BCUT2D eigenvalue weighted by atomic mass is 9.62. The molecule has 0 radical (unpaired) electrons. The van der Waals surface area contributed by atoms with E-state index in [9.17, 15) is 5.11 Å². The molecular formula is C21H26O5. The van der Waals surface area contributed by atoms with Crippen molar-refractivity contribution >= 4 is 0 Å². The molecule has 5 nitrogen and oxygen atoms in total. The molecule has 1 aliphatic carbocycles. The largest absolute Gasteiger partial charge is 0.454 e. The van der Waals surface area contributed by atoms with E-state index in [0.29, 0.717) is 6.42 Å². The SMILES string of the molecule is C=CCC12CC=CC(O)C1(OC)OC(Cc1ccc3c(c1)OCO3)C2C. The van der Waals surface area contributed by atoms with Crippen LogP contribution in [0.25, 0.3) is 0 Å². The Labute approximate surface area is 154 Å². The van der Waals surface area contributed by atoms with Crippen molar-refractivity contribution in [2.75, 3.05) is 13.9 Å². The first-order chi connectivity index (χ1) is 12.6. The van der Waals surface area contributed by atoms with E-state index in [2.05, 4.69) is 13.5 Å². The van der Waals surface area contributed by atoms with Crippen molar-refractivity contribution in [1.82, 2.24) is 0 Å². The molecule has 1 aromatic carbocycles. The molecule has 5 unspecified atom stereocenters. The van der Waals surface area contributed by atoms with Crippen LogP contribution in [0.2, 0.25) is 0 Å². The number of ether oxygens (including phenoxy) is 4. The molecule has 1 aromatic rings. The van der Waals surface area contributed by atoms with Crippen LogP contribution in [-0.4, -0.2) is 37.0 Å². The molecule has 0 spiro atoms. The number of fused-ring (bicyclic) bond motifs is 2. The molecule has 1 saturated heterocycles. The third kappa shape index (κ3) is 2.34. The summed E-state index contributed by atoms with van der Waals surface area (Å²) in [5, 5.41) is 10.7. The molecule has 0 amide bonds. The number of hydrogen-bond donors (Lipinski definition) is 1. The van der Waals surface area contributed by atoms with Gasteiger partial charge in [0.1, 0.15) is 6.10 Å². The van der Waals surface area contributed by atoms with Crippen molar-refractivity contribution in [2.45, 2.75) is 44.2 Å². The van der Waals surface area contributed by atoms with E-state index < -0.39 is 11.9 Å². The van der Waals surface area contributed by atoms with Crippen molar-refractivity contribution in [3.05, 3.63) is 48.6 Å². The van der Waals surface area contributed by atoms with Crippen LogP contribution < -0.4 is 9.47 Å². The van der Waals surface area contributed by atoms with Gasteiger partial charge in [0.05, 0.1) is 6.10 Å². The third-order valence-corrected chi connectivity index (χ3v) is 6.33. The molecular weight excluding hydrogens is 332 g/mol. The van der Waals surface area contributed by atoms with Gasteiger partial charge in [-0.1, -0.05) is 31.2 Å². The van der Waals surface area contributed by atoms with Crippen molar-refractivity contribution in [2.24, 2.45) is 11.3 Å². The molecule has 2 aliphatic heterocycles. The van der Waals surface area contributed by atoms with E-state index in [1.54, 1.807) is 13.2 Å². The van der Waals surface area contributed by atoms with Gasteiger partial charge < -0.3 is 24.1 Å². The molecule has 3 aliphatic rings. The van der Waals surface area contributed by atoms with Gasteiger partial charge in [-0.25, -0.2) is 0 Å². The van der Waals surface area contributed by atoms with Crippen LogP contribution in [0.5, 0.6) is 11.5 Å². The Kier molecular flexibility index (Phi) is 4.34. The molecule has 5 heteroatoms. The fraction of sp³-hybridized carbons (Fsp3) is 0.524. The molecule has 5 atom stereocenters. The van der Waals surface area contributed by atoms with Gasteiger partial charge >= 0.3 is 0 Å². The van der Waals surface area contributed by atoms with Gasteiger partial charge in [0.15, 0.2) is 11.5 Å². The minimum atomic E-state index is -1.05. The Morgan fingerprint density at radius 3 is 2.92 bits per heavy atom. The van der Waals surface area contributed by atoms with Crippen molar-refractivity contribution in [3.63, 3.8) is 0 Å². The van der Waals surface area contributed by atoms with Crippen LogP contribution >= 0.6 is 0 Å². The number of allylic oxidation sites excluding steroid dienone is 2. The maximum Gasteiger partial charge on any atom is 0.231 e. The van der Waals surface area contributed by atoms with Crippen LogP contribution in [0.3, 0.4) is 0 Å². The summed E-state index contributed by atoms with van der Waals surface area (Å²) in [6.07, 6.45) is 7.07. The van der Waals surface area contributed by atoms with Crippen LogP contribution in [-0.2, 0) is 15.9 Å². The maximum atomic E-state index is 10.7. The predicted octanol–water partition coefficient (Wildman–Crippen LogP) is 3.22. The third-order valence-electron chi connectivity index (χ3n) is 6.33. The Balaban J connectivity index is 1.66. The Morgan fingerprint density at radius 2 is 2.15 bits per heavy atom. The highest BCUT2D eigenvalue weighted by Gasteiger charge is 2.67. The van der Waals surface area contributed by atoms with Crippen molar-refractivity contribution < 1.29 is 24.1 Å². The average Bonchev–Trinajstić information content (AvgIpc) is 3.19. The zero-order chi connectivity index (χ0) is 18.4. The second-order valence-electron chi connectivity index (χ2n) is 7.43. The monoisotopic (exact) mass is 358 g/mol.